The van der Waals surface area contributed by atoms with Crippen molar-refractivity contribution < 1.29 is 4.74 Å². The summed E-state index contributed by atoms with van der Waals surface area (Å²) in [7, 11) is 0. The van der Waals surface area contributed by atoms with Crippen LogP contribution in [-0.4, -0.2) is 24.2 Å². The first-order chi connectivity index (χ1) is 8.59. The van der Waals surface area contributed by atoms with Crippen LogP contribution in [0.2, 0.25) is 0 Å². The summed E-state index contributed by atoms with van der Waals surface area (Å²) in [6, 6.07) is 0.657. The zero-order chi connectivity index (χ0) is 13.2. The standard InChI is InChI=1S/C14H24N2OS/c1-5-12-10(3)18-13(15-12)14(4,9-17-6-2)16-11-7-8-11/h11,16H,5-9H2,1-4H3. The fourth-order valence-electron chi connectivity index (χ4n) is 2.14. The third-order valence-electron chi connectivity index (χ3n) is 3.39. The van der Waals surface area contributed by atoms with E-state index in [1.165, 1.54) is 28.4 Å². The smallest absolute Gasteiger partial charge is 0.115 e. The van der Waals surface area contributed by atoms with Gasteiger partial charge in [-0.25, -0.2) is 4.98 Å². The molecular weight excluding hydrogens is 244 g/mol. The van der Waals surface area contributed by atoms with Gasteiger partial charge in [-0.15, -0.1) is 11.3 Å². The lowest BCUT2D eigenvalue weighted by Crippen LogP contribution is -2.45. The molecule has 4 heteroatoms. The van der Waals surface area contributed by atoms with E-state index in [2.05, 4.69) is 26.1 Å². The lowest BCUT2D eigenvalue weighted by molar-refractivity contribution is 0.0819. The van der Waals surface area contributed by atoms with Gasteiger partial charge in [-0.3, -0.25) is 0 Å². The molecule has 102 valence electrons. The van der Waals surface area contributed by atoms with Crippen LogP contribution >= 0.6 is 11.3 Å². The van der Waals surface area contributed by atoms with Crippen molar-refractivity contribution >= 4 is 11.3 Å². The highest BCUT2D eigenvalue weighted by Gasteiger charge is 2.36. The Labute approximate surface area is 114 Å². The van der Waals surface area contributed by atoms with Crippen LogP contribution < -0.4 is 5.32 Å². The minimum Gasteiger partial charge on any atom is -0.379 e. The highest BCUT2D eigenvalue weighted by molar-refractivity contribution is 7.11. The Bertz CT molecular complexity index is 400. The van der Waals surface area contributed by atoms with Gasteiger partial charge in [-0.1, -0.05) is 6.92 Å². The number of hydrogen-bond donors (Lipinski definition) is 1. The molecule has 0 radical (unpaired) electrons. The summed E-state index contributed by atoms with van der Waals surface area (Å²) in [6.45, 7) is 10.1. The minimum atomic E-state index is -0.125. The predicted octanol–water partition coefficient (Wildman–Crippen LogP) is 3.02. The van der Waals surface area contributed by atoms with Crippen molar-refractivity contribution in [3.63, 3.8) is 0 Å². The zero-order valence-electron chi connectivity index (χ0n) is 11.9. The van der Waals surface area contributed by atoms with Crippen molar-refractivity contribution in [2.45, 2.75) is 58.5 Å². The van der Waals surface area contributed by atoms with Gasteiger partial charge in [-0.05, 0) is 40.0 Å². The Morgan fingerprint density at radius 3 is 2.67 bits per heavy atom. The van der Waals surface area contributed by atoms with Gasteiger partial charge in [-0.2, -0.15) is 0 Å². The molecule has 18 heavy (non-hydrogen) atoms. The van der Waals surface area contributed by atoms with E-state index in [4.69, 9.17) is 9.72 Å². The first-order valence-electron chi connectivity index (χ1n) is 6.91. The van der Waals surface area contributed by atoms with E-state index in [9.17, 15) is 0 Å². The van der Waals surface area contributed by atoms with Gasteiger partial charge in [0.25, 0.3) is 0 Å². The van der Waals surface area contributed by atoms with Crippen molar-refractivity contribution in [3.8, 4) is 0 Å². The second kappa shape index (κ2) is 5.68. The molecule has 0 bridgehead atoms. The van der Waals surface area contributed by atoms with Crippen LogP contribution in [0.5, 0.6) is 0 Å². The van der Waals surface area contributed by atoms with Crippen molar-refractivity contribution in [2.75, 3.05) is 13.2 Å². The lowest BCUT2D eigenvalue weighted by atomic mass is 10.0. The van der Waals surface area contributed by atoms with Gasteiger partial charge in [0.05, 0.1) is 17.8 Å². The molecule has 1 fully saturated rings. The average Bonchev–Trinajstić information content (AvgIpc) is 3.07. The maximum atomic E-state index is 5.67. The predicted molar refractivity (Wildman–Crippen MR) is 76.2 cm³/mol. The molecule has 3 nitrogen and oxygen atoms in total. The number of rotatable bonds is 7. The van der Waals surface area contributed by atoms with Crippen LogP contribution in [0.25, 0.3) is 0 Å². The van der Waals surface area contributed by atoms with Crippen LogP contribution in [0.4, 0.5) is 0 Å². The highest BCUT2D eigenvalue weighted by Crippen LogP contribution is 2.32. The molecule has 1 aromatic rings. The van der Waals surface area contributed by atoms with Gasteiger partial charge < -0.3 is 10.1 Å². The third-order valence-corrected chi connectivity index (χ3v) is 4.67. The molecule has 1 aliphatic rings. The first kappa shape index (κ1) is 14.0. The Morgan fingerprint density at radius 1 is 1.44 bits per heavy atom. The second-order valence-electron chi connectivity index (χ2n) is 5.26. The summed E-state index contributed by atoms with van der Waals surface area (Å²) in [5.74, 6) is 0. The molecule has 1 heterocycles. The monoisotopic (exact) mass is 268 g/mol. The lowest BCUT2D eigenvalue weighted by Gasteiger charge is -2.28. The third kappa shape index (κ3) is 3.11. The Hall–Kier alpha value is -0.450. The summed E-state index contributed by atoms with van der Waals surface area (Å²) in [5.41, 5.74) is 1.11. The quantitative estimate of drug-likeness (QED) is 0.825. The molecule has 0 saturated heterocycles. The average molecular weight is 268 g/mol. The number of nitrogens with one attached hydrogen (secondary N) is 1. The Balaban J connectivity index is 2.19. The van der Waals surface area contributed by atoms with Gasteiger partial charge in [0.15, 0.2) is 0 Å². The molecule has 1 saturated carbocycles. The number of aryl methyl sites for hydroxylation is 2. The molecule has 2 rings (SSSR count). The number of thiazole rings is 1. The van der Waals surface area contributed by atoms with Gasteiger partial charge in [0.2, 0.25) is 0 Å². The van der Waals surface area contributed by atoms with Crippen LogP contribution in [0.3, 0.4) is 0 Å². The Kier molecular flexibility index (Phi) is 4.41. The molecular formula is C14H24N2OS. The fraction of sp³-hybridized carbons (Fsp3) is 0.786. The topological polar surface area (TPSA) is 34.1 Å². The van der Waals surface area contributed by atoms with Crippen LogP contribution in [-0.2, 0) is 16.7 Å². The van der Waals surface area contributed by atoms with E-state index in [0.717, 1.165) is 13.0 Å². The molecule has 1 atom stereocenters. The SMILES string of the molecule is CCOCC(C)(NC1CC1)c1nc(CC)c(C)s1. The molecule has 0 amide bonds. The summed E-state index contributed by atoms with van der Waals surface area (Å²) in [6.07, 6.45) is 3.58. The van der Waals surface area contributed by atoms with Crippen LogP contribution in [0, 0.1) is 6.92 Å². The molecule has 1 aromatic heterocycles. The summed E-state index contributed by atoms with van der Waals surface area (Å²) in [4.78, 5) is 6.15. The number of nitrogens with zero attached hydrogens (tertiary/aromatic N) is 1. The van der Waals surface area contributed by atoms with E-state index in [1.54, 1.807) is 0 Å². The van der Waals surface area contributed by atoms with E-state index < -0.39 is 0 Å². The van der Waals surface area contributed by atoms with Crippen molar-refractivity contribution in [1.82, 2.24) is 10.3 Å². The largest absolute Gasteiger partial charge is 0.379 e. The van der Waals surface area contributed by atoms with E-state index in [0.29, 0.717) is 12.6 Å². The van der Waals surface area contributed by atoms with E-state index in [1.807, 2.05) is 18.3 Å². The van der Waals surface area contributed by atoms with Gasteiger partial charge in [0.1, 0.15) is 5.01 Å². The molecule has 1 unspecified atom stereocenters. The molecule has 1 N–H and O–H groups in total. The fourth-order valence-corrected chi connectivity index (χ4v) is 3.24. The number of ether oxygens (including phenoxy) is 1. The van der Waals surface area contributed by atoms with Crippen molar-refractivity contribution in [2.24, 2.45) is 0 Å². The second-order valence-corrected chi connectivity index (χ2v) is 6.47. The molecule has 0 aromatic carbocycles. The van der Waals surface area contributed by atoms with Crippen LogP contribution in [0.15, 0.2) is 0 Å². The molecule has 0 aliphatic heterocycles. The van der Waals surface area contributed by atoms with E-state index >= 15 is 0 Å². The summed E-state index contributed by atoms with van der Waals surface area (Å²) in [5, 5.41) is 4.88. The molecule has 0 spiro atoms. The minimum absolute atomic E-state index is 0.125. The molecule has 1 aliphatic carbocycles. The number of hydrogen-bond acceptors (Lipinski definition) is 4. The van der Waals surface area contributed by atoms with Crippen molar-refractivity contribution in [1.29, 1.82) is 0 Å². The normalized spacial score (nSPS) is 18.9. The van der Waals surface area contributed by atoms with E-state index in [-0.39, 0.29) is 5.54 Å². The zero-order valence-corrected chi connectivity index (χ0v) is 12.7. The Morgan fingerprint density at radius 2 is 2.17 bits per heavy atom. The maximum absolute atomic E-state index is 5.67. The van der Waals surface area contributed by atoms with Crippen molar-refractivity contribution in [3.05, 3.63) is 15.6 Å². The first-order valence-corrected chi connectivity index (χ1v) is 7.73. The summed E-state index contributed by atoms with van der Waals surface area (Å²) >= 11 is 1.81. The maximum Gasteiger partial charge on any atom is 0.115 e. The van der Waals surface area contributed by atoms with Gasteiger partial charge in [0, 0.05) is 17.5 Å². The number of aromatic nitrogens is 1. The van der Waals surface area contributed by atoms with Gasteiger partial charge >= 0.3 is 0 Å². The van der Waals surface area contributed by atoms with Crippen LogP contribution in [0.1, 0.15) is 49.2 Å². The highest BCUT2D eigenvalue weighted by atomic mass is 32.1. The summed E-state index contributed by atoms with van der Waals surface area (Å²) < 4.78 is 5.67.